The predicted octanol–water partition coefficient (Wildman–Crippen LogP) is 3.14. The molecule has 0 aliphatic rings. The van der Waals surface area contributed by atoms with Crippen molar-refractivity contribution in [2.75, 3.05) is 0 Å². The number of hydrogen-bond donors (Lipinski definition) is 0. The molecule has 24 heavy (non-hydrogen) atoms. The molecule has 0 bridgehead atoms. The van der Waals surface area contributed by atoms with Crippen LogP contribution in [0.4, 0.5) is 0 Å². The Morgan fingerprint density at radius 3 is 2.67 bits per heavy atom. The van der Waals surface area contributed by atoms with E-state index in [2.05, 4.69) is 15.1 Å². The molecule has 2 aromatic carbocycles. The summed E-state index contributed by atoms with van der Waals surface area (Å²) in [5, 5.41) is 5.71. The third-order valence-corrected chi connectivity index (χ3v) is 3.88. The van der Waals surface area contributed by atoms with Gasteiger partial charge in [0.15, 0.2) is 0 Å². The summed E-state index contributed by atoms with van der Waals surface area (Å²) in [7, 11) is 0. The van der Waals surface area contributed by atoms with E-state index in [0.717, 1.165) is 16.5 Å². The molecule has 0 saturated carbocycles. The van der Waals surface area contributed by atoms with Crippen LogP contribution in [-0.2, 0) is 0 Å². The zero-order valence-corrected chi connectivity index (χ0v) is 13.0. The fourth-order valence-electron chi connectivity index (χ4n) is 2.70. The van der Waals surface area contributed by atoms with E-state index in [0.29, 0.717) is 16.7 Å². The molecule has 0 unspecified atom stereocenters. The number of pyridine rings is 1. The largest absolute Gasteiger partial charge is 0.282 e. The van der Waals surface area contributed by atoms with Crippen molar-refractivity contribution in [1.29, 1.82) is 0 Å². The van der Waals surface area contributed by atoms with Crippen LogP contribution in [0.2, 0.25) is 0 Å². The van der Waals surface area contributed by atoms with E-state index in [-0.39, 0.29) is 5.56 Å². The first kappa shape index (κ1) is 14.3. The Kier molecular flexibility index (Phi) is 3.39. The van der Waals surface area contributed by atoms with E-state index in [9.17, 15) is 4.79 Å². The van der Waals surface area contributed by atoms with Crippen LogP contribution in [0.1, 0.15) is 11.4 Å². The second kappa shape index (κ2) is 5.70. The highest BCUT2D eigenvalue weighted by atomic mass is 16.1. The number of nitrogens with zero attached hydrogens (tertiary/aromatic N) is 4. The van der Waals surface area contributed by atoms with Gasteiger partial charge in [0.25, 0.3) is 5.56 Å². The molecule has 4 aromatic rings. The van der Waals surface area contributed by atoms with Gasteiger partial charge in [-0.15, -0.1) is 0 Å². The van der Waals surface area contributed by atoms with Crippen molar-refractivity contribution in [2.24, 2.45) is 5.10 Å². The molecule has 0 atom stereocenters. The zero-order chi connectivity index (χ0) is 16.5. The van der Waals surface area contributed by atoms with Crippen molar-refractivity contribution in [3.05, 3.63) is 82.5 Å². The SMILES string of the molecule is Cc1nc2c(ccc3ncccc32)c(=O)n1/N=C/c1ccccc1. The minimum absolute atomic E-state index is 0.185. The van der Waals surface area contributed by atoms with Gasteiger partial charge in [0.05, 0.1) is 22.6 Å². The monoisotopic (exact) mass is 314 g/mol. The van der Waals surface area contributed by atoms with Gasteiger partial charge in [0.1, 0.15) is 5.82 Å². The van der Waals surface area contributed by atoms with E-state index < -0.39 is 0 Å². The lowest BCUT2D eigenvalue weighted by Crippen LogP contribution is -2.20. The molecule has 0 aliphatic heterocycles. The first-order chi connectivity index (χ1) is 11.7. The van der Waals surface area contributed by atoms with Crippen LogP contribution in [0.3, 0.4) is 0 Å². The van der Waals surface area contributed by atoms with Crippen LogP contribution in [0.25, 0.3) is 21.8 Å². The first-order valence-electron chi connectivity index (χ1n) is 7.60. The molecule has 0 saturated heterocycles. The summed E-state index contributed by atoms with van der Waals surface area (Å²) in [6.45, 7) is 1.78. The van der Waals surface area contributed by atoms with Crippen molar-refractivity contribution in [2.45, 2.75) is 6.92 Å². The van der Waals surface area contributed by atoms with Crippen LogP contribution < -0.4 is 5.56 Å². The Balaban J connectivity index is 1.93. The summed E-state index contributed by atoms with van der Waals surface area (Å²) in [6, 6.07) is 17.0. The molecule has 0 amide bonds. The highest BCUT2D eigenvalue weighted by molar-refractivity contribution is 6.03. The highest BCUT2D eigenvalue weighted by Crippen LogP contribution is 2.20. The van der Waals surface area contributed by atoms with E-state index in [1.54, 1.807) is 25.4 Å². The molecule has 0 N–H and O–H groups in total. The van der Waals surface area contributed by atoms with E-state index >= 15 is 0 Å². The number of aryl methyl sites for hydroxylation is 1. The molecule has 4 rings (SSSR count). The lowest BCUT2D eigenvalue weighted by Gasteiger charge is -2.07. The summed E-state index contributed by atoms with van der Waals surface area (Å²) in [5.74, 6) is 0.538. The summed E-state index contributed by atoms with van der Waals surface area (Å²) < 4.78 is 1.33. The third-order valence-electron chi connectivity index (χ3n) is 3.88. The van der Waals surface area contributed by atoms with Crippen molar-refractivity contribution in [3.8, 4) is 0 Å². The van der Waals surface area contributed by atoms with Crippen molar-refractivity contribution < 1.29 is 0 Å². The van der Waals surface area contributed by atoms with Crippen LogP contribution in [0, 0.1) is 6.92 Å². The normalized spacial score (nSPS) is 11.5. The van der Waals surface area contributed by atoms with Crippen LogP contribution in [0.5, 0.6) is 0 Å². The maximum Gasteiger partial charge on any atom is 0.282 e. The Bertz CT molecular complexity index is 1130. The van der Waals surface area contributed by atoms with Crippen molar-refractivity contribution >= 4 is 28.0 Å². The fourth-order valence-corrected chi connectivity index (χ4v) is 2.70. The Hall–Kier alpha value is -3.34. The molecule has 5 heteroatoms. The molecular formula is C19H14N4O. The van der Waals surface area contributed by atoms with Crippen LogP contribution in [0.15, 0.2) is 70.7 Å². The maximum absolute atomic E-state index is 12.8. The van der Waals surface area contributed by atoms with Gasteiger partial charge in [-0.3, -0.25) is 9.78 Å². The smallest absolute Gasteiger partial charge is 0.267 e. The van der Waals surface area contributed by atoms with Gasteiger partial charge in [0, 0.05) is 11.6 Å². The minimum Gasteiger partial charge on any atom is -0.267 e. The molecule has 0 radical (unpaired) electrons. The molecule has 2 heterocycles. The number of hydrogen-bond acceptors (Lipinski definition) is 4. The molecule has 0 aliphatic carbocycles. The van der Waals surface area contributed by atoms with E-state index in [1.165, 1.54) is 4.68 Å². The van der Waals surface area contributed by atoms with E-state index in [4.69, 9.17) is 0 Å². The fraction of sp³-hybridized carbons (Fsp3) is 0.0526. The predicted molar refractivity (Wildman–Crippen MR) is 95.5 cm³/mol. The van der Waals surface area contributed by atoms with Crippen LogP contribution in [-0.4, -0.2) is 20.9 Å². The first-order valence-corrected chi connectivity index (χ1v) is 7.60. The second-order valence-corrected chi connectivity index (χ2v) is 5.46. The Labute approximate surface area is 137 Å². The maximum atomic E-state index is 12.8. The average molecular weight is 314 g/mol. The lowest BCUT2D eigenvalue weighted by molar-refractivity contribution is 0.771. The van der Waals surface area contributed by atoms with Crippen molar-refractivity contribution in [1.82, 2.24) is 14.6 Å². The second-order valence-electron chi connectivity index (χ2n) is 5.46. The van der Waals surface area contributed by atoms with E-state index in [1.807, 2.05) is 48.5 Å². The van der Waals surface area contributed by atoms with Gasteiger partial charge in [0.2, 0.25) is 0 Å². The van der Waals surface area contributed by atoms with Gasteiger partial charge in [-0.25, -0.2) is 4.98 Å². The minimum atomic E-state index is -0.185. The molecule has 2 aromatic heterocycles. The topological polar surface area (TPSA) is 60.1 Å². The zero-order valence-electron chi connectivity index (χ0n) is 13.0. The summed E-state index contributed by atoms with van der Waals surface area (Å²) >= 11 is 0. The van der Waals surface area contributed by atoms with Gasteiger partial charge in [-0.1, -0.05) is 30.3 Å². The van der Waals surface area contributed by atoms with Crippen LogP contribution >= 0.6 is 0 Å². The summed E-state index contributed by atoms with van der Waals surface area (Å²) in [5.41, 5.74) is 2.22. The van der Waals surface area contributed by atoms with Gasteiger partial charge < -0.3 is 0 Å². The quantitative estimate of drug-likeness (QED) is 0.422. The Morgan fingerprint density at radius 2 is 1.83 bits per heavy atom. The summed E-state index contributed by atoms with van der Waals surface area (Å²) in [6.07, 6.45) is 3.39. The van der Waals surface area contributed by atoms with Crippen molar-refractivity contribution in [3.63, 3.8) is 0 Å². The molecule has 116 valence electrons. The average Bonchev–Trinajstić information content (AvgIpc) is 2.62. The summed E-state index contributed by atoms with van der Waals surface area (Å²) in [4.78, 5) is 21.7. The lowest BCUT2D eigenvalue weighted by atomic mass is 10.1. The standard InChI is InChI=1S/C19H14N4O/c1-13-22-18-15-8-5-11-20-17(15)10-9-16(18)19(24)23(13)21-12-14-6-3-2-4-7-14/h2-12H,1H3/b21-12+. The number of aromatic nitrogens is 3. The number of rotatable bonds is 2. The molecule has 5 nitrogen and oxygen atoms in total. The molecule has 0 fully saturated rings. The number of benzene rings is 2. The van der Waals surface area contributed by atoms with Gasteiger partial charge in [-0.2, -0.15) is 9.78 Å². The molecular weight excluding hydrogens is 300 g/mol. The Morgan fingerprint density at radius 1 is 1.00 bits per heavy atom. The number of fused-ring (bicyclic) bond motifs is 3. The van der Waals surface area contributed by atoms with Gasteiger partial charge >= 0.3 is 0 Å². The molecule has 0 spiro atoms. The van der Waals surface area contributed by atoms with Gasteiger partial charge in [-0.05, 0) is 36.8 Å². The third kappa shape index (κ3) is 2.36. The highest BCUT2D eigenvalue weighted by Gasteiger charge is 2.10.